The van der Waals surface area contributed by atoms with E-state index in [1.807, 2.05) is 24.3 Å². The summed E-state index contributed by atoms with van der Waals surface area (Å²) in [6.07, 6.45) is 0. The van der Waals surface area contributed by atoms with Gasteiger partial charge in [-0.2, -0.15) is 5.10 Å². The highest BCUT2D eigenvalue weighted by Gasteiger charge is 2.15. The van der Waals surface area contributed by atoms with Crippen LogP contribution in [0.25, 0.3) is 22.0 Å². The van der Waals surface area contributed by atoms with Crippen LogP contribution in [-0.2, 0) is 6.54 Å². The maximum absolute atomic E-state index is 12.1. The highest BCUT2D eigenvalue weighted by Crippen LogP contribution is 2.35. The van der Waals surface area contributed by atoms with Crippen LogP contribution < -0.4 is 20.8 Å². The van der Waals surface area contributed by atoms with Crippen molar-refractivity contribution in [2.24, 2.45) is 5.73 Å². The number of aromatic amines is 1. The average Bonchev–Trinajstić information content (AvgIpc) is 2.61. The topological polar surface area (TPSA) is 90.2 Å². The summed E-state index contributed by atoms with van der Waals surface area (Å²) in [5, 5.41) is 7.94. The second-order valence-electron chi connectivity index (χ2n) is 5.02. The Hall–Kier alpha value is -2.86. The third kappa shape index (κ3) is 2.53. The van der Waals surface area contributed by atoms with Crippen LogP contribution in [0.1, 0.15) is 5.56 Å². The van der Waals surface area contributed by atoms with Crippen LogP contribution in [0.15, 0.2) is 41.2 Å². The predicted octanol–water partition coefficient (Wildman–Crippen LogP) is 2.07. The van der Waals surface area contributed by atoms with Gasteiger partial charge < -0.3 is 15.2 Å². The van der Waals surface area contributed by atoms with E-state index in [1.54, 1.807) is 19.2 Å². The predicted molar refractivity (Wildman–Crippen MR) is 88.8 cm³/mol. The summed E-state index contributed by atoms with van der Waals surface area (Å²) in [4.78, 5) is 12.1. The second-order valence-corrected chi connectivity index (χ2v) is 5.02. The van der Waals surface area contributed by atoms with E-state index in [0.717, 1.165) is 11.1 Å². The molecule has 2 aromatic carbocycles. The Kier molecular flexibility index (Phi) is 3.99. The Morgan fingerprint density at radius 2 is 1.74 bits per heavy atom. The Morgan fingerprint density at radius 1 is 1.09 bits per heavy atom. The van der Waals surface area contributed by atoms with E-state index in [-0.39, 0.29) is 5.56 Å². The standard InChI is InChI=1S/C17H17N3O3/c1-22-14-7-12-13(8-15(14)23-2)17(21)20-19-16(12)11-6-4-3-5-10(11)9-18/h3-8H,9,18H2,1-2H3,(H,20,21). The molecule has 23 heavy (non-hydrogen) atoms. The normalized spacial score (nSPS) is 10.7. The molecule has 3 aromatic rings. The number of hydrogen-bond acceptors (Lipinski definition) is 5. The number of ether oxygens (including phenoxy) is 2. The lowest BCUT2D eigenvalue weighted by Gasteiger charge is -2.12. The highest BCUT2D eigenvalue weighted by molar-refractivity contribution is 5.96. The van der Waals surface area contributed by atoms with E-state index in [9.17, 15) is 4.79 Å². The van der Waals surface area contributed by atoms with Gasteiger partial charge in [-0.3, -0.25) is 4.79 Å². The van der Waals surface area contributed by atoms with E-state index in [4.69, 9.17) is 15.2 Å². The molecule has 0 saturated carbocycles. The van der Waals surface area contributed by atoms with Crippen molar-refractivity contribution in [1.82, 2.24) is 10.2 Å². The van der Waals surface area contributed by atoms with Gasteiger partial charge in [-0.25, -0.2) is 5.10 Å². The van der Waals surface area contributed by atoms with Crippen molar-refractivity contribution in [3.05, 3.63) is 52.3 Å². The van der Waals surface area contributed by atoms with Gasteiger partial charge in [0.25, 0.3) is 5.56 Å². The van der Waals surface area contributed by atoms with Crippen LogP contribution in [0, 0.1) is 0 Å². The van der Waals surface area contributed by atoms with Gasteiger partial charge in [-0.15, -0.1) is 0 Å². The molecule has 6 heteroatoms. The first-order valence-electron chi connectivity index (χ1n) is 7.12. The summed E-state index contributed by atoms with van der Waals surface area (Å²) < 4.78 is 10.6. The van der Waals surface area contributed by atoms with Crippen molar-refractivity contribution in [3.8, 4) is 22.8 Å². The first-order chi connectivity index (χ1) is 11.2. The van der Waals surface area contributed by atoms with Crippen LogP contribution in [0.5, 0.6) is 11.5 Å². The molecule has 0 unspecified atom stereocenters. The number of nitrogens with two attached hydrogens (primary N) is 1. The summed E-state index contributed by atoms with van der Waals surface area (Å²) in [7, 11) is 3.08. The first-order valence-corrected chi connectivity index (χ1v) is 7.12. The number of fused-ring (bicyclic) bond motifs is 1. The van der Waals surface area contributed by atoms with Gasteiger partial charge in [0.05, 0.1) is 25.3 Å². The number of nitrogens with one attached hydrogen (secondary N) is 1. The summed E-state index contributed by atoms with van der Waals surface area (Å²) >= 11 is 0. The molecule has 1 heterocycles. The van der Waals surface area contributed by atoms with E-state index in [2.05, 4.69) is 10.2 Å². The Labute approximate surface area is 132 Å². The molecule has 0 aliphatic rings. The lowest BCUT2D eigenvalue weighted by molar-refractivity contribution is 0.356. The van der Waals surface area contributed by atoms with Gasteiger partial charge in [-0.05, 0) is 17.7 Å². The summed E-state index contributed by atoms with van der Waals surface area (Å²) in [6, 6.07) is 11.1. The summed E-state index contributed by atoms with van der Waals surface area (Å²) in [5.41, 5.74) is 8.02. The molecule has 0 amide bonds. The fourth-order valence-corrected chi connectivity index (χ4v) is 2.62. The molecule has 0 aliphatic carbocycles. The summed E-state index contributed by atoms with van der Waals surface area (Å²) in [5.74, 6) is 1.04. The quantitative estimate of drug-likeness (QED) is 0.770. The van der Waals surface area contributed by atoms with Crippen LogP contribution in [0.3, 0.4) is 0 Å². The highest BCUT2D eigenvalue weighted by atomic mass is 16.5. The van der Waals surface area contributed by atoms with Gasteiger partial charge in [0.15, 0.2) is 11.5 Å². The third-order valence-corrected chi connectivity index (χ3v) is 3.79. The Morgan fingerprint density at radius 3 is 2.39 bits per heavy atom. The zero-order valence-electron chi connectivity index (χ0n) is 12.9. The van der Waals surface area contributed by atoms with E-state index < -0.39 is 0 Å². The number of H-pyrrole nitrogens is 1. The molecular weight excluding hydrogens is 294 g/mol. The Balaban J connectivity index is 2.38. The molecule has 0 fully saturated rings. The number of hydrogen-bond donors (Lipinski definition) is 2. The minimum Gasteiger partial charge on any atom is -0.493 e. The molecule has 0 spiro atoms. The van der Waals surface area contributed by atoms with Gasteiger partial charge in [0.1, 0.15) is 0 Å². The van der Waals surface area contributed by atoms with Crippen LogP contribution >= 0.6 is 0 Å². The molecule has 0 aliphatic heterocycles. The molecule has 0 radical (unpaired) electrons. The SMILES string of the molecule is COc1cc2c(-c3ccccc3CN)n[nH]c(=O)c2cc1OC. The average molecular weight is 311 g/mol. The fraction of sp³-hybridized carbons (Fsp3) is 0.176. The minimum atomic E-state index is -0.282. The van der Waals surface area contributed by atoms with Gasteiger partial charge in [0, 0.05) is 17.5 Å². The van der Waals surface area contributed by atoms with Gasteiger partial charge in [0.2, 0.25) is 0 Å². The first kappa shape index (κ1) is 15.1. The number of benzene rings is 2. The molecule has 0 bridgehead atoms. The number of nitrogens with zero attached hydrogens (tertiary/aromatic N) is 1. The zero-order valence-corrected chi connectivity index (χ0v) is 12.9. The number of methoxy groups -OCH3 is 2. The number of rotatable bonds is 4. The smallest absolute Gasteiger partial charge is 0.272 e. The van der Waals surface area contributed by atoms with Crippen molar-refractivity contribution in [1.29, 1.82) is 0 Å². The maximum Gasteiger partial charge on any atom is 0.272 e. The van der Waals surface area contributed by atoms with E-state index >= 15 is 0 Å². The van der Waals surface area contributed by atoms with Crippen molar-refractivity contribution in [3.63, 3.8) is 0 Å². The molecule has 0 saturated heterocycles. The molecule has 6 nitrogen and oxygen atoms in total. The zero-order chi connectivity index (χ0) is 16.4. The van der Waals surface area contributed by atoms with Crippen molar-refractivity contribution in [2.75, 3.05) is 14.2 Å². The maximum atomic E-state index is 12.1. The lowest BCUT2D eigenvalue weighted by atomic mass is 10.00. The van der Waals surface area contributed by atoms with E-state index in [0.29, 0.717) is 34.5 Å². The molecule has 0 atom stereocenters. The second kappa shape index (κ2) is 6.10. The summed E-state index contributed by atoms with van der Waals surface area (Å²) in [6.45, 7) is 0.381. The Bertz CT molecular complexity index is 919. The van der Waals surface area contributed by atoms with Crippen LogP contribution in [-0.4, -0.2) is 24.4 Å². The molecule has 3 N–H and O–H groups in total. The van der Waals surface area contributed by atoms with Crippen LogP contribution in [0.2, 0.25) is 0 Å². The third-order valence-electron chi connectivity index (χ3n) is 3.79. The largest absolute Gasteiger partial charge is 0.493 e. The van der Waals surface area contributed by atoms with Crippen molar-refractivity contribution in [2.45, 2.75) is 6.54 Å². The fourth-order valence-electron chi connectivity index (χ4n) is 2.62. The van der Waals surface area contributed by atoms with Crippen molar-refractivity contribution < 1.29 is 9.47 Å². The minimum absolute atomic E-state index is 0.282. The molecule has 3 rings (SSSR count). The lowest BCUT2D eigenvalue weighted by Crippen LogP contribution is -2.11. The molecule has 118 valence electrons. The van der Waals surface area contributed by atoms with Gasteiger partial charge >= 0.3 is 0 Å². The molecular formula is C17H17N3O3. The monoisotopic (exact) mass is 311 g/mol. The van der Waals surface area contributed by atoms with Crippen molar-refractivity contribution >= 4 is 10.8 Å². The number of aromatic nitrogens is 2. The van der Waals surface area contributed by atoms with Gasteiger partial charge in [-0.1, -0.05) is 24.3 Å². The molecule has 1 aromatic heterocycles. The van der Waals surface area contributed by atoms with Crippen LogP contribution in [0.4, 0.5) is 0 Å². The van der Waals surface area contributed by atoms with E-state index in [1.165, 1.54) is 7.11 Å².